The molecular formula is C9H7N4. The van der Waals surface area contributed by atoms with Gasteiger partial charge < -0.3 is 9.55 Å². The number of aryl methyl sites for hydroxylation is 1. The van der Waals surface area contributed by atoms with Crippen molar-refractivity contribution in [1.29, 1.82) is 0 Å². The fourth-order valence-corrected chi connectivity index (χ4v) is 2.21. The van der Waals surface area contributed by atoms with Gasteiger partial charge in [-0.3, -0.25) is 0 Å². The summed E-state index contributed by atoms with van der Waals surface area (Å²) in [7, 11) is 2.04. The van der Waals surface area contributed by atoms with Gasteiger partial charge >= 0.3 is 0 Å². The molecule has 0 aromatic carbocycles. The summed E-state index contributed by atoms with van der Waals surface area (Å²) < 4.78 is 2.09. The summed E-state index contributed by atoms with van der Waals surface area (Å²) in [4.78, 5) is 11.8. The molecule has 2 aromatic heterocycles. The lowest BCUT2D eigenvalue weighted by atomic mass is 9.82. The number of aromatic amines is 1. The van der Waals surface area contributed by atoms with Crippen LogP contribution in [0.2, 0.25) is 0 Å². The first-order valence-electron chi connectivity index (χ1n) is 4.31. The molecule has 1 N–H and O–H groups in total. The van der Waals surface area contributed by atoms with Crippen LogP contribution in [0.1, 0.15) is 29.0 Å². The second-order valence-electron chi connectivity index (χ2n) is 3.62. The van der Waals surface area contributed by atoms with Crippen molar-refractivity contribution in [2.24, 2.45) is 7.05 Å². The van der Waals surface area contributed by atoms with Gasteiger partial charge in [-0.1, -0.05) is 0 Å². The van der Waals surface area contributed by atoms with Crippen LogP contribution in [0, 0.1) is 5.92 Å². The highest BCUT2D eigenvalue weighted by Gasteiger charge is 2.46. The van der Waals surface area contributed by atoms with Crippen molar-refractivity contribution in [2.45, 2.75) is 5.92 Å². The summed E-state index contributed by atoms with van der Waals surface area (Å²) in [6.07, 6.45) is 4.05. The van der Waals surface area contributed by atoms with Crippen molar-refractivity contribution in [1.82, 2.24) is 19.5 Å². The molecule has 1 unspecified atom stereocenters. The number of nitrogens with zero attached hydrogens (tertiary/aromatic N) is 3. The minimum atomic E-state index is 0.416. The molecule has 4 bridgehead atoms. The van der Waals surface area contributed by atoms with Gasteiger partial charge in [-0.25, -0.2) is 9.97 Å². The third kappa shape index (κ3) is 0.475. The summed E-state index contributed by atoms with van der Waals surface area (Å²) in [5.74, 6) is 3.94. The van der Waals surface area contributed by atoms with Crippen molar-refractivity contribution >= 4 is 0 Å². The Morgan fingerprint density at radius 2 is 2.38 bits per heavy atom. The van der Waals surface area contributed by atoms with Crippen LogP contribution in [-0.4, -0.2) is 19.5 Å². The second kappa shape index (κ2) is 1.55. The quantitative estimate of drug-likeness (QED) is 0.682. The van der Waals surface area contributed by atoms with E-state index in [1.165, 1.54) is 11.6 Å². The van der Waals surface area contributed by atoms with Crippen LogP contribution < -0.4 is 0 Å². The van der Waals surface area contributed by atoms with Crippen molar-refractivity contribution < 1.29 is 0 Å². The molecule has 6 heterocycles. The van der Waals surface area contributed by atoms with Crippen molar-refractivity contribution in [3.05, 3.63) is 41.3 Å². The highest BCUT2D eigenvalue weighted by molar-refractivity contribution is 5.55. The smallest absolute Gasteiger partial charge is 0.121 e. The Bertz CT molecular complexity index is 481. The van der Waals surface area contributed by atoms with Gasteiger partial charge in [-0.05, 0) is 0 Å². The molecule has 63 valence electrons. The molecular weight excluding hydrogens is 164 g/mol. The molecule has 2 aromatic rings. The lowest BCUT2D eigenvalue weighted by molar-refractivity contribution is 0.652. The first-order chi connectivity index (χ1) is 6.34. The number of aromatic nitrogens is 4. The first kappa shape index (κ1) is 5.96. The highest BCUT2D eigenvalue weighted by atomic mass is 15.1. The number of hydrogen-bond acceptors (Lipinski definition) is 2. The van der Waals surface area contributed by atoms with Crippen molar-refractivity contribution in [3.8, 4) is 0 Å². The van der Waals surface area contributed by atoms with Crippen LogP contribution >= 0.6 is 0 Å². The topological polar surface area (TPSA) is 46.5 Å². The zero-order valence-corrected chi connectivity index (χ0v) is 7.07. The monoisotopic (exact) mass is 171 g/mol. The fourth-order valence-electron chi connectivity index (χ4n) is 2.21. The molecule has 6 rings (SSSR count). The third-order valence-electron chi connectivity index (χ3n) is 2.88. The SMILES string of the molecule is Cn1cc2nc1C2[C]1c2c[nH]c1n2. The Balaban J connectivity index is 1.81. The second-order valence-corrected chi connectivity index (χ2v) is 3.62. The summed E-state index contributed by atoms with van der Waals surface area (Å²) in [6, 6.07) is 0. The Labute approximate surface area is 74.6 Å². The van der Waals surface area contributed by atoms with E-state index in [9.17, 15) is 0 Å². The number of fused-ring (bicyclic) bond motifs is 3. The fraction of sp³-hybridized carbons (Fsp3) is 0.222. The van der Waals surface area contributed by atoms with E-state index in [4.69, 9.17) is 0 Å². The Kier molecular flexibility index (Phi) is 0.711. The predicted octanol–water partition coefficient (Wildman–Crippen LogP) is 0.573. The zero-order valence-electron chi connectivity index (χ0n) is 7.07. The number of hydrogen-bond donors (Lipinski definition) is 1. The number of nitrogens with one attached hydrogen (secondary N) is 1. The molecule has 1 radical (unpaired) electrons. The van der Waals surface area contributed by atoms with E-state index in [-0.39, 0.29) is 0 Å². The molecule has 4 heteroatoms. The molecule has 4 nitrogen and oxygen atoms in total. The van der Waals surface area contributed by atoms with E-state index in [1.54, 1.807) is 0 Å². The normalized spacial score (nSPS) is 22.7. The van der Waals surface area contributed by atoms with Crippen LogP contribution in [0.15, 0.2) is 12.4 Å². The molecule has 0 aliphatic carbocycles. The van der Waals surface area contributed by atoms with Gasteiger partial charge in [0.15, 0.2) is 0 Å². The first-order valence-corrected chi connectivity index (χ1v) is 4.31. The van der Waals surface area contributed by atoms with Gasteiger partial charge in [0.05, 0.1) is 17.3 Å². The van der Waals surface area contributed by atoms with Crippen molar-refractivity contribution in [3.63, 3.8) is 0 Å². The molecule has 4 aliphatic heterocycles. The van der Waals surface area contributed by atoms with Gasteiger partial charge in [0, 0.05) is 19.4 Å². The van der Waals surface area contributed by atoms with Crippen LogP contribution in [0.25, 0.3) is 0 Å². The zero-order chi connectivity index (χ0) is 8.58. The molecule has 13 heavy (non-hydrogen) atoms. The number of H-pyrrole nitrogens is 1. The van der Waals surface area contributed by atoms with Gasteiger partial charge in [0.1, 0.15) is 17.6 Å². The molecule has 1 atom stereocenters. The maximum atomic E-state index is 4.37. The van der Waals surface area contributed by atoms with Crippen LogP contribution in [0.4, 0.5) is 0 Å². The molecule has 0 spiro atoms. The van der Waals surface area contributed by atoms with E-state index in [0.717, 1.165) is 17.3 Å². The molecule has 0 saturated carbocycles. The maximum Gasteiger partial charge on any atom is 0.121 e. The summed E-state index contributed by atoms with van der Waals surface area (Å²) >= 11 is 0. The van der Waals surface area contributed by atoms with Gasteiger partial charge in [0.2, 0.25) is 0 Å². The van der Waals surface area contributed by atoms with Gasteiger partial charge in [-0.2, -0.15) is 0 Å². The highest BCUT2D eigenvalue weighted by Crippen LogP contribution is 2.48. The largest absolute Gasteiger partial charge is 0.347 e. The number of imidazole rings is 2. The molecule has 0 fully saturated rings. The summed E-state index contributed by atoms with van der Waals surface area (Å²) in [5.41, 5.74) is 2.28. The van der Waals surface area contributed by atoms with Crippen LogP contribution in [-0.2, 0) is 7.05 Å². The Hall–Kier alpha value is -1.58. The minimum absolute atomic E-state index is 0.416. The summed E-state index contributed by atoms with van der Waals surface area (Å²) in [6.45, 7) is 0. The minimum Gasteiger partial charge on any atom is -0.347 e. The molecule has 0 saturated heterocycles. The van der Waals surface area contributed by atoms with E-state index < -0.39 is 0 Å². The maximum absolute atomic E-state index is 4.37. The Morgan fingerprint density at radius 3 is 2.85 bits per heavy atom. The van der Waals surface area contributed by atoms with E-state index in [2.05, 4.69) is 25.7 Å². The van der Waals surface area contributed by atoms with E-state index in [1.807, 2.05) is 13.2 Å². The molecule has 0 amide bonds. The Morgan fingerprint density at radius 1 is 1.46 bits per heavy atom. The predicted molar refractivity (Wildman–Crippen MR) is 45.1 cm³/mol. The van der Waals surface area contributed by atoms with E-state index >= 15 is 0 Å². The standard InChI is InChI=1S/C9H7N4/c1-13-3-5-7(9(13)12-5)6-4-2-10-8(6)11-4/h2-3,7H,1H3,(H,10,11). The van der Waals surface area contributed by atoms with Crippen LogP contribution in [0.3, 0.4) is 0 Å². The average molecular weight is 171 g/mol. The third-order valence-corrected chi connectivity index (χ3v) is 2.88. The summed E-state index contributed by atoms with van der Waals surface area (Å²) in [5, 5.41) is 0. The average Bonchev–Trinajstić information content (AvgIpc) is 2.72. The van der Waals surface area contributed by atoms with Gasteiger partial charge in [0.25, 0.3) is 0 Å². The molecule has 4 aliphatic rings. The van der Waals surface area contributed by atoms with Crippen molar-refractivity contribution in [2.75, 3.05) is 0 Å². The van der Waals surface area contributed by atoms with Gasteiger partial charge in [-0.15, -0.1) is 0 Å². The van der Waals surface area contributed by atoms with E-state index in [0.29, 0.717) is 5.92 Å². The van der Waals surface area contributed by atoms with Crippen LogP contribution in [0.5, 0.6) is 0 Å². The lowest BCUT2D eigenvalue weighted by Crippen LogP contribution is -2.26. The number of rotatable bonds is 1. The lowest BCUT2D eigenvalue weighted by Gasteiger charge is -2.27.